The van der Waals surface area contributed by atoms with Crippen molar-refractivity contribution < 1.29 is 0 Å². The van der Waals surface area contributed by atoms with Crippen LogP contribution in [0.3, 0.4) is 0 Å². The van der Waals surface area contributed by atoms with E-state index in [9.17, 15) is 0 Å². The summed E-state index contributed by atoms with van der Waals surface area (Å²) in [5, 5.41) is 4.21. The van der Waals surface area contributed by atoms with Gasteiger partial charge < -0.3 is 5.73 Å². The van der Waals surface area contributed by atoms with Crippen LogP contribution in [-0.4, -0.2) is 19.1 Å². The Bertz CT molecular complexity index is 95.1. The van der Waals surface area contributed by atoms with Crippen molar-refractivity contribution in [2.24, 2.45) is 11.7 Å². The number of nitrogens with two attached hydrogens (primary N) is 1. The minimum absolute atomic E-state index is 0.163. The van der Waals surface area contributed by atoms with Crippen LogP contribution in [-0.2, 0) is 0 Å². The smallest absolute Gasteiger partial charge is 0.0263 e. The van der Waals surface area contributed by atoms with Gasteiger partial charge in [-0.3, -0.25) is 0 Å². The van der Waals surface area contributed by atoms with Crippen LogP contribution in [0.5, 0.6) is 0 Å². The normalized spacial score (nSPS) is 30.1. The van der Waals surface area contributed by atoms with E-state index < -0.39 is 0 Å². The molecule has 2 nitrogen and oxygen atoms in total. The molecular formula is C7H13N2. The van der Waals surface area contributed by atoms with Gasteiger partial charge in [-0.2, -0.15) is 0 Å². The van der Waals surface area contributed by atoms with E-state index in [-0.39, 0.29) is 6.04 Å². The molecule has 0 aromatic carbocycles. The fourth-order valence-electron chi connectivity index (χ4n) is 1.11. The molecule has 2 unspecified atom stereocenters. The minimum Gasteiger partial charge on any atom is -0.324 e. The van der Waals surface area contributed by atoms with Crippen LogP contribution in [0, 0.1) is 5.92 Å². The van der Waals surface area contributed by atoms with E-state index in [0.29, 0.717) is 5.92 Å². The molecule has 9 heavy (non-hydrogen) atoms. The highest BCUT2D eigenvalue weighted by atomic mass is 14.9. The summed E-state index contributed by atoms with van der Waals surface area (Å²) < 4.78 is 0. The number of hydrogen-bond donors (Lipinski definition) is 1. The van der Waals surface area contributed by atoms with Crippen molar-refractivity contribution >= 4 is 0 Å². The van der Waals surface area contributed by atoms with Crippen molar-refractivity contribution in [1.82, 2.24) is 5.32 Å². The van der Waals surface area contributed by atoms with Crippen LogP contribution in [0.2, 0.25) is 0 Å². The predicted molar refractivity (Wildman–Crippen MR) is 38.1 cm³/mol. The molecule has 0 aromatic heterocycles. The van der Waals surface area contributed by atoms with Crippen molar-refractivity contribution in [2.75, 3.05) is 13.1 Å². The number of nitrogens with zero attached hydrogens (tertiary/aromatic N) is 1. The summed E-state index contributed by atoms with van der Waals surface area (Å²) in [5.74, 6) is 0.572. The molecular weight excluding hydrogens is 112 g/mol. The Kier molecular flexibility index (Phi) is 2.25. The van der Waals surface area contributed by atoms with E-state index in [2.05, 4.69) is 11.9 Å². The molecule has 1 aliphatic rings. The summed E-state index contributed by atoms with van der Waals surface area (Å²) in [4.78, 5) is 0. The van der Waals surface area contributed by atoms with Crippen molar-refractivity contribution in [3.05, 3.63) is 12.7 Å². The monoisotopic (exact) mass is 125 g/mol. The Morgan fingerprint density at radius 1 is 1.78 bits per heavy atom. The first-order valence-electron chi connectivity index (χ1n) is 3.36. The molecule has 0 aliphatic carbocycles. The van der Waals surface area contributed by atoms with Gasteiger partial charge in [-0.25, -0.2) is 5.32 Å². The molecule has 1 saturated heterocycles. The third-order valence-electron chi connectivity index (χ3n) is 1.84. The van der Waals surface area contributed by atoms with Gasteiger partial charge in [0.15, 0.2) is 0 Å². The molecule has 0 bridgehead atoms. The van der Waals surface area contributed by atoms with Gasteiger partial charge in [-0.1, -0.05) is 6.08 Å². The summed E-state index contributed by atoms with van der Waals surface area (Å²) in [7, 11) is 0. The highest BCUT2D eigenvalue weighted by molar-refractivity contribution is 4.91. The lowest BCUT2D eigenvalue weighted by Crippen LogP contribution is -2.28. The third-order valence-corrected chi connectivity index (χ3v) is 1.84. The second kappa shape index (κ2) is 2.99. The summed E-state index contributed by atoms with van der Waals surface area (Å²) in [6.07, 6.45) is 2.96. The summed E-state index contributed by atoms with van der Waals surface area (Å²) in [6, 6.07) is 0.163. The van der Waals surface area contributed by atoms with Crippen LogP contribution >= 0.6 is 0 Å². The van der Waals surface area contributed by atoms with Gasteiger partial charge in [0, 0.05) is 19.1 Å². The summed E-state index contributed by atoms with van der Waals surface area (Å²) >= 11 is 0. The van der Waals surface area contributed by atoms with Gasteiger partial charge in [-0.05, 0) is 12.3 Å². The third kappa shape index (κ3) is 1.53. The molecule has 2 heteroatoms. The van der Waals surface area contributed by atoms with Gasteiger partial charge in [0.05, 0.1) is 0 Å². The SMILES string of the molecule is C=CC(N)C1CC[N]C1. The first kappa shape index (κ1) is 6.78. The zero-order valence-electron chi connectivity index (χ0n) is 5.59. The molecule has 1 aliphatic heterocycles. The maximum atomic E-state index is 5.70. The first-order chi connectivity index (χ1) is 4.34. The molecule has 2 N–H and O–H groups in total. The van der Waals surface area contributed by atoms with E-state index in [1.165, 1.54) is 0 Å². The molecule has 0 saturated carbocycles. The predicted octanol–water partition coefficient (Wildman–Crippen LogP) is 0.124. The average molecular weight is 125 g/mol. The summed E-state index contributed by atoms with van der Waals surface area (Å²) in [5.41, 5.74) is 5.70. The maximum Gasteiger partial charge on any atom is 0.0263 e. The van der Waals surface area contributed by atoms with Crippen molar-refractivity contribution in [1.29, 1.82) is 0 Å². The number of rotatable bonds is 2. The average Bonchev–Trinajstić information content (AvgIpc) is 2.37. The van der Waals surface area contributed by atoms with Gasteiger partial charge in [0.2, 0.25) is 0 Å². The maximum absolute atomic E-state index is 5.70. The van der Waals surface area contributed by atoms with Crippen molar-refractivity contribution in [3.8, 4) is 0 Å². The zero-order valence-corrected chi connectivity index (χ0v) is 5.59. The highest BCUT2D eigenvalue weighted by Gasteiger charge is 2.19. The van der Waals surface area contributed by atoms with Gasteiger partial charge in [0.1, 0.15) is 0 Å². The fourth-order valence-corrected chi connectivity index (χ4v) is 1.11. The topological polar surface area (TPSA) is 40.1 Å². The van der Waals surface area contributed by atoms with E-state index >= 15 is 0 Å². The minimum atomic E-state index is 0.163. The molecule has 1 fully saturated rings. The molecule has 2 atom stereocenters. The molecule has 0 amide bonds. The van der Waals surface area contributed by atoms with E-state index in [1.54, 1.807) is 0 Å². The van der Waals surface area contributed by atoms with Crippen molar-refractivity contribution in [3.63, 3.8) is 0 Å². The Labute approximate surface area is 56.1 Å². The lowest BCUT2D eigenvalue weighted by Gasteiger charge is -2.11. The largest absolute Gasteiger partial charge is 0.324 e. The first-order valence-corrected chi connectivity index (χ1v) is 3.36. The molecule has 51 valence electrons. The van der Waals surface area contributed by atoms with Crippen LogP contribution in [0.4, 0.5) is 0 Å². The Balaban J connectivity index is 2.32. The lowest BCUT2D eigenvalue weighted by molar-refractivity contribution is 0.518. The van der Waals surface area contributed by atoms with E-state index in [4.69, 9.17) is 5.73 Å². The quantitative estimate of drug-likeness (QED) is 0.523. The Hall–Kier alpha value is -0.340. The van der Waals surface area contributed by atoms with Crippen molar-refractivity contribution in [2.45, 2.75) is 12.5 Å². The molecule has 1 rings (SSSR count). The van der Waals surface area contributed by atoms with Crippen LogP contribution in [0.25, 0.3) is 0 Å². The van der Waals surface area contributed by atoms with E-state index in [0.717, 1.165) is 19.5 Å². The van der Waals surface area contributed by atoms with Crippen LogP contribution in [0.1, 0.15) is 6.42 Å². The fraction of sp³-hybridized carbons (Fsp3) is 0.714. The molecule has 1 radical (unpaired) electrons. The second-order valence-corrected chi connectivity index (χ2v) is 2.49. The zero-order chi connectivity index (χ0) is 6.69. The Morgan fingerprint density at radius 2 is 2.56 bits per heavy atom. The van der Waals surface area contributed by atoms with E-state index in [1.807, 2.05) is 6.08 Å². The van der Waals surface area contributed by atoms with Gasteiger partial charge in [-0.15, -0.1) is 6.58 Å². The lowest BCUT2D eigenvalue weighted by atomic mass is 10.0. The van der Waals surface area contributed by atoms with Gasteiger partial charge >= 0.3 is 0 Å². The highest BCUT2D eigenvalue weighted by Crippen LogP contribution is 2.12. The van der Waals surface area contributed by atoms with Crippen LogP contribution < -0.4 is 11.1 Å². The summed E-state index contributed by atoms with van der Waals surface area (Å²) in [6.45, 7) is 5.57. The standard InChI is InChI=1S/C7H13N2/c1-2-7(8)6-3-4-9-5-6/h2,6-7H,1,3-5,8H2. The molecule has 1 heterocycles. The number of hydrogen-bond acceptors (Lipinski definition) is 1. The molecule has 0 spiro atoms. The Morgan fingerprint density at radius 3 is 3.00 bits per heavy atom. The molecule has 0 aromatic rings. The van der Waals surface area contributed by atoms with Crippen LogP contribution in [0.15, 0.2) is 12.7 Å². The van der Waals surface area contributed by atoms with Gasteiger partial charge in [0.25, 0.3) is 0 Å². The second-order valence-electron chi connectivity index (χ2n) is 2.49.